The molecule has 4 rings (SSSR count). The van der Waals surface area contributed by atoms with Gasteiger partial charge in [0, 0.05) is 35.8 Å². The maximum absolute atomic E-state index is 13.0. The van der Waals surface area contributed by atoms with Gasteiger partial charge in [0.15, 0.2) is 0 Å². The number of aromatic nitrogens is 4. The largest absolute Gasteiger partial charge is 0.494 e. The molecule has 0 spiro atoms. The van der Waals surface area contributed by atoms with Gasteiger partial charge in [-0.05, 0) is 24.6 Å². The van der Waals surface area contributed by atoms with Crippen molar-refractivity contribution in [2.75, 3.05) is 6.61 Å². The molecule has 0 unspecified atom stereocenters. The van der Waals surface area contributed by atoms with Crippen molar-refractivity contribution in [3.8, 4) is 16.9 Å². The number of hydrogen-bond acceptors (Lipinski definition) is 5. The molecule has 0 radical (unpaired) electrons. The van der Waals surface area contributed by atoms with E-state index in [-0.39, 0.29) is 5.56 Å². The summed E-state index contributed by atoms with van der Waals surface area (Å²) in [5, 5.41) is 2.67. The third-order valence-electron chi connectivity index (χ3n) is 4.21. The second-order valence-corrected chi connectivity index (χ2v) is 6.71. The molecular formula is C19H18N4O2S. The van der Waals surface area contributed by atoms with Crippen LogP contribution in [0.4, 0.5) is 0 Å². The van der Waals surface area contributed by atoms with E-state index in [4.69, 9.17) is 4.74 Å². The average molecular weight is 366 g/mol. The molecule has 7 heteroatoms. The van der Waals surface area contributed by atoms with Crippen molar-refractivity contribution in [2.45, 2.75) is 19.9 Å². The molecule has 0 aliphatic heterocycles. The molecule has 26 heavy (non-hydrogen) atoms. The number of fused-ring (bicyclic) bond motifs is 1. The number of imidazole rings is 1. The first kappa shape index (κ1) is 16.5. The Morgan fingerprint density at radius 3 is 2.85 bits per heavy atom. The van der Waals surface area contributed by atoms with Gasteiger partial charge in [0.05, 0.1) is 24.6 Å². The maximum atomic E-state index is 13.0. The normalized spacial score (nSPS) is 11.1. The number of hydrogen-bond donors (Lipinski definition) is 1. The van der Waals surface area contributed by atoms with Gasteiger partial charge in [-0.25, -0.2) is 9.97 Å². The topological polar surface area (TPSA) is 72.8 Å². The van der Waals surface area contributed by atoms with Crippen LogP contribution in [0.25, 0.3) is 21.3 Å². The lowest BCUT2D eigenvalue weighted by atomic mass is 10.1. The van der Waals surface area contributed by atoms with Crippen LogP contribution in [0.1, 0.15) is 12.6 Å². The van der Waals surface area contributed by atoms with Gasteiger partial charge in [0.2, 0.25) is 0 Å². The fourth-order valence-corrected chi connectivity index (χ4v) is 3.81. The summed E-state index contributed by atoms with van der Waals surface area (Å²) in [6, 6.07) is 7.81. The summed E-state index contributed by atoms with van der Waals surface area (Å²) in [6.45, 7) is 3.14. The average Bonchev–Trinajstić information content (AvgIpc) is 3.32. The molecule has 0 aliphatic carbocycles. The third-order valence-corrected chi connectivity index (χ3v) is 5.10. The van der Waals surface area contributed by atoms with E-state index < -0.39 is 0 Å². The minimum absolute atomic E-state index is 0.0142. The van der Waals surface area contributed by atoms with Gasteiger partial charge < -0.3 is 9.72 Å². The minimum Gasteiger partial charge on any atom is -0.494 e. The molecule has 132 valence electrons. The molecule has 0 aliphatic rings. The maximum Gasteiger partial charge on any atom is 0.262 e. The van der Waals surface area contributed by atoms with E-state index in [9.17, 15) is 4.79 Å². The van der Waals surface area contributed by atoms with Crippen LogP contribution in [0.3, 0.4) is 0 Å². The molecule has 0 saturated carbocycles. The zero-order valence-electron chi connectivity index (χ0n) is 14.3. The highest BCUT2D eigenvalue weighted by atomic mass is 32.1. The Hall–Kier alpha value is -2.93. The van der Waals surface area contributed by atoms with Crippen LogP contribution in [0.2, 0.25) is 0 Å². The fourth-order valence-electron chi connectivity index (χ4n) is 2.90. The summed E-state index contributed by atoms with van der Waals surface area (Å²) in [7, 11) is 0. The third kappa shape index (κ3) is 3.13. The zero-order chi connectivity index (χ0) is 17.9. The Morgan fingerprint density at radius 2 is 2.12 bits per heavy atom. The first-order valence-electron chi connectivity index (χ1n) is 8.43. The van der Waals surface area contributed by atoms with Gasteiger partial charge in [-0.15, -0.1) is 11.3 Å². The van der Waals surface area contributed by atoms with Crippen LogP contribution in [-0.4, -0.2) is 26.1 Å². The van der Waals surface area contributed by atoms with Gasteiger partial charge >= 0.3 is 0 Å². The summed E-state index contributed by atoms with van der Waals surface area (Å²) < 4.78 is 7.15. The van der Waals surface area contributed by atoms with Crippen molar-refractivity contribution in [3.05, 3.63) is 64.5 Å². The number of nitrogens with zero attached hydrogens (tertiary/aromatic N) is 3. The van der Waals surface area contributed by atoms with E-state index in [2.05, 4.69) is 15.0 Å². The lowest BCUT2D eigenvalue weighted by Crippen LogP contribution is -2.21. The minimum atomic E-state index is -0.0142. The molecule has 0 atom stereocenters. The van der Waals surface area contributed by atoms with E-state index >= 15 is 0 Å². The molecule has 1 N–H and O–H groups in total. The standard InChI is InChI=1S/C19H18N4O2S/c1-2-25-15-5-3-13(4-6-15)16-10-26-18-17(16)19(24)23(12-22-18)8-7-14-9-20-11-21-14/h3-6,9-12H,2,7-8H2,1H3,(H,20,21). The first-order valence-corrected chi connectivity index (χ1v) is 9.31. The summed E-state index contributed by atoms with van der Waals surface area (Å²) in [4.78, 5) is 25.3. The highest BCUT2D eigenvalue weighted by molar-refractivity contribution is 7.17. The second-order valence-electron chi connectivity index (χ2n) is 5.86. The molecule has 0 fully saturated rings. The quantitative estimate of drug-likeness (QED) is 0.567. The molecule has 3 heterocycles. The number of benzene rings is 1. The Kier molecular flexibility index (Phi) is 4.53. The summed E-state index contributed by atoms with van der Waals surface area (Å²) in [6.07, 6.45) is 5.74. The van der Waals surface area contributed by atoms with Crippen molar-refractivity contribution in [1.82, 2.24) is 19.5 Å². The van der Waals surface area contributed by atoms with Crippen LogP contribution in [0.15, 0.2) is 53.3 Å². The summed E-state index contributed by atoms with van der Waals surface area (Å²) >= 11 is 1.49. The number of aryl methyl sites for hydroxylation is 2. The number of ether oxygens (including phenoxy) is 1. The van der Waals surface area contributed by atoms with E-state index in [1.54, 1.807) is 23.4 Å². The SMILES string of the molecule is CCOc1ccc(-c2csc3ncn(CCc4cnc[nH]4)c(=O)c23)cc1. The fraction of sp³-hybridized carbons (Fsp3) is 0.211. The molecule has 0 amide bonds. The van der Waals surface area contributed by atoms with E-state index in [1.165, 1.54) is 11.3 Å². The van der Waals surface area contributed by atoms with Crippen molar-refractivity contribution < 1.29 is 4.74 Å². The van der Waals surface area contributed by atoms with Crippen molar-refractivity contribution >= 4 is 21.6 Å². The summed E-state index contributed by atoms with van der Waals surface area (Å²) in [5.41, 5.74) is 2.89. The van der Waals surface area contributed by atoms with Crippen LogP contribution < -0.4 is 10.3 Å². The predicted octanol–water partition coefficient (Wildman–Crippen LogP) is 3.49. The van der Waals surface area contributed by atoms with Crippen LogP contribution in [0, 0.1) is 0 Å². The Labute approximate surface area is 154 Å². The monoisotopic (exact) mass is 366 g/mol. The second kappa shape index (κ2) is 7.13. The van der Waals surface area contributed by atoms with Crippen molar-refractivity contribution in [2.24, 2.45) is 0 Å². The van der Waals surface area contributed by atoms with E-state index in [1.807, 2.05) is 36.6 Å². The van der Waals surface area contributed by atoms with Crippen molar-refractivity contribution in [3.63, 3.8) is 0 Å². The zero-order valence-corrected chi connectivity index (χ0v) is 15.1. The van der Waals surface area contributed by atoms with Gasteiger partial charge in [0.1, 0.15) is 10.6 Å². The number of rotatable bonds is 6. The molecule has 3 aromatic heterocycles. The predicted molar refractivity (Wildman–Crippen MR) is 103 cm³/mol. The van der Waals surface area contributed by atoms with Crippen LogP contribution in [-0.2, 0) is 13.0 Å². The highest BCUT2D eigenvalue weighted by Crippen LogP contribution is 2.31. The molecule has 4 aromatic rings. The van der Waals surface area contributed by atoms with E-state index in [0.29, 0.717) is 25.0 Å². The molecule has 1 aromatic carbocycles. The van der Waals surface area contributed by atoms with Crippen LogP contribution >= 0.6 is 11.3 Å². The number of nitrogens with one attached hydrogen (secondary N) is 1. The lowest BCUT2D eigenvalue weighted by molar-refractivity contribution is 0.340. The molecule has 6 nitrogen and oxygen atoms in total. The lowest BCUT2D eigenvalue weighted by Gasteiger charge is -2.06. The van der Waals surface area contributed by atoms with Gasteiger partial charge in [-0.1, -0.05) is 12.1 Å². The Morgan fingerprint density at radius 1 is 1.27 bits per heavy atom. The molecule has 0 bridgehead atoms. The number of aromatic amines is 1. The highest BCUT2D eigenvalue weighted by Gasteiger charge is 2.13. The summed E-state index contributed by atoms with van der Waals surface area (Å²) in [5.74, 6) is 0.825. The van der Waals surface area contributed by atoms with Gasteiger partial charge in [0.25, 0.3) is 5.56 Å². The molecular weight excluding hydrogens is 348 g/mol. The van der Waals surface area contributed by atoms with Crippen LogP contribution in [0.5, 0.6) is 5.75 Å². The van der Waals surface area contributed by atoms with Gasteiger partial charge in [-0.2, -0.15) is 0 Å². The first-order chi connectivity index (χ1) is 12.8. The van der Waals surface area contributed by atoms with E-state index in [0.717, 1.165) is 27.4 Å². The number of thiophene rings is 1. The number of H-pyrrole nitrogens is 1. The Balaban J connectivity index is 1.69. The molecule has 0 saturated heterocycles. The van der Waals surface area contributed by atoms with Crippen molar-refractivity contribution in [1.29, 1.82) is 0 Å². The smallest absolute Gasteiger partial charge is 0.262 e. The van der Waals surface area contributed by atoms with Gasteiger partial charge in [-0.3, -0.25) is 9.36 Å². The Bertz CT molecular complexity index is 1070.